The van der Waals surface area contributed by atoms with Crippen molar-refractivity contribution in [2.75, 3.05) is 12.3 Å². The molecule has 118 valence electrons. The second-order valence-corrected chi connectivity index (χ2v) is 7.33. The van der Waals surface area contributed by atoms with Crippen molar-refractivity contribution in [3.05, 3.63) is 33.8 Å². The molecule has 2 bridgehead atoms. The number of nitrogens with zero attached hydrogens (tertiary/aromatic N) is 1. The smallest absolute Gasteiger partial charge is 0.242 e. The third-order valence-electron chi connectivity index (χ3n) is 4.08. The summed E-state index contributed by atoms with van der Waals surface area (Å²) in [6, 6.07) is 5.39. The van der Waals surface area contributed by atoms with Crippen molar-refractivity contribution in [3.8, 4) is 0 Å². The molecule has 2 fully saturated rings. The summed E-state index contributed by atoms with van der Waals surface area (Å²) < 4.78 is 0. The van der Waals surface area contributed by atoms with E-state index in [1.54, 1.807) is 11.0 Å². The van der Waals surface area contributed by atoms with E-state index in [9.17, 15) is 9.59 Å². The second-order valence-electron chi connectivity index (χ2n) is 5.53. The molecule has 1 N–H and O–H groups in total. The maximum absolute atomic E-state index is 12.4. The van der Waals surface area contributed by atoms with Gasteiger partial charge in [-0.3, -0.25) is 9.59 Å². The van der Waals surface area contributed by atoms with Crippen LogP contribution < -0.4 is 5.32 Å². The van der Waals surface area contributed by atoms with Gasteiger partial charge in [-0.1, -0.05) is 29.3 Å². The quantitative estimate of drug-likeness (QED) is 0.899. The third kappa shape index (κ3) is 3.21. The molecule has 2 atom stereocenters. The van der Waals surface area contributed by atoms with Crippen molar-refractivity contribution in [3.63, 3.8) is 0 Å². The van der Waals surface area contributed by atoms with Crippen molar-refractivity contribution in [1.82, 2.24) is 10.2 Å². The Balaban J connectivity index is 1.54. The predicted molar refractivity (Wildman–Crippen MR) is 89.3 cm³/mol. The van der Waals surface area contributed by atoms with Gasteiger partial charge in [0, 0.05) is 18.3 Å². The Morgan fingerprint density at radius 2 is 2.14 bits per heavy atom. The molecular weight excluding hydrogens is 343 g/mol. The van der Waals surface area contributed by atoms with Crippen LogP contribution in [0.25, 0.3) is 0 Å². The van der Waals surface area contributed by atoms with E-state index in [2.05, 4.69) is 5.32 Å². The molecule has 2 amide bonds. The number of nitrogens with one attached hydrogen (secondary N) is 1. The zero-order valence-corrected chi connectivity index (χ0v) is 14.2. The number of hydrogen-bond acceptors (Lipinski definition) is 3. The Morgan fingerprint density at radius 3 is 2.91 bits per heavy atom. The highest BCUT2D eigenvalue weighted by atomic mass is 35.5. The van der Waals surface area contributed by atoms with Crippen LogP contribution in [0.4, 0.5) is 0 Å². The van der Waals surface area contributed by atoms with Crippen LogP contribution in [0.5, 0.6) is 0 Å². The Hall–Kier alpha value is -0.910. The Morgan fingerprint density at radius 1 is 1.32 bits per heavy atom. The topological polar surface area (TPSA) is 49.4 Å². The van der Waals surface area contributed by atoms with Crippen LogP contribution in [-0.2, 0) is 15.3 Å². The molecule has 2 unspecified atom stereocenters. The first kappa shape index (κ1) is 16.0. The average molecular weight is 359 g/mol. The van der Waals surface area contributed by atoms with Gasteiger partial charge >= 0.3 is 0 Å². The SMILES string of the molecule is O=C1NCC2CCC1N2C(=O)CSCc1ccc(Cl)c(Cl)c1. The maximum Gasteiger partial charge on any atom is 0.242 e. The number of piperazine rings is 1. The van der Waals surface area contributed by atoms with Crippen molar-refractivity contribution >= 4 is 46.8 Å². The number of halogens is 2. The van der Waals surface area contributed by atoms with Gasteiger partial charge in [0.05, 0.1) is 15.8 Å². The van der Waals surface area contributed by atoms with E-state index in [-0.39, 0.29) is 23.9 Å². The lowest BCUT2D eigenvalue weighted by atomic mass is 10.2. The lowest BCUT2D eigenvalue weighted by molar-refractivity contribution is -0.141. The molecule has 0 radical (unpaired) electrons. The number of thioether (sulfide) groups is 1. The van der Waals surface area contributed by atoms with Crippen LogP contribution in [-0.4, -0.2) is 41.1 Å². The van der Waals surface area contributed by atoms with Gasteiger partial charge in [-0.25, -0.2) is 0 Å². The summed E-state index contributed by atoms with van der Waals surface area (Å²) in [5, 5.41) is 3.91. The minimum absolute atomic E-state index is 0.0171. The fraction of sp³-hybridized carbons (Fsp3) is 0.467. The molecule has 22 heavy (non-hydrogen) atoms. The minimum Gasteiger partial charge on any atom is -0.352 e. The third-order valence-corrected chi connectivity index (χ3v) is 5.81. The molecule has 2 aliphatic heterocycles. The number of rotatable bonds is 4. The van der Waals surface area contributed by atoms with Crippen molar-refractivity contribution in [2.45, 2.75) is 30.7 Å². The number of carbonyl (C=O) groups is 2. The first-order valence-electron chi connectivity index (χ1n) is 7.17. The molecular formula is C15H16Cl2N2O2S. The highest BCUT2D eigenvalue weighted by Crippen LogP contribution is 2.29. The number of amides is 2. The largest absolute Gasteiger partial charge is 0.352 e. The molecule has 2 heterocycles. The number of carbonyl (C=O) groups excluding carboxylic acids is 2. The average Bonchev–Trinajstić information content (AvgIpc) is 2.83. The summed E-state index contributed by atoms with van der Waals surface area (Å²) in [5.41, 5.74) is 1.03. The molecule has 0 spiro atoms. The Kier molecular flexibility index (Phi) is 4.85. The number of hydrogen-bond donors (Lipinski definition) is 1. The van der Waals surface area contributed by atoms with E-state index in [0.717, 1.165) is 18.4 Å². The number of fused-ring (bicyclic) bond motifs is 2. The van der Waals surface area contributed by atoms with E-state index < -0.39 is 0 Å². The van der Waals surface area contributed by atoms with Gasteiger partial charge in [0.25, 0.3) is 0 Å². The lowest BCUT2D eigenvalue weighted by Crippen LogP contribution is -2.57. The van der Waals surface area contributed by atoms with E-state index in [1.807, 2.05) is 12.1 Å². The number of benzene rings is 1. The molecule has 1 aromatic rings. The first-order chi connectivity index (χ1) is 10.6. The molecule has 0 saturated carbocycles. The van der Waals surface area contributed by atoms with Crippen LogP contribution in [0.2, 0.25) is 10.0 Å². The summed E-state index contributed by atoms with van der Waals surface area (Å²) >= 11 is 13.4. The molecule has 0 aromatic heterocycles. The van der Waals surface area contributed by atoms with Gasteiger partial charge in [0.15, 0.2) is 0 Å². The molecule has 1 aromatic carbocycles. The maximum atomic E-state index is 12.4. The second kappa shape index (κ2) is 6.69. The standard InChI is InChI=1S/C15H16Cl2N2O2S/c16-11-3-1-9(5-12(11)17)7-22-8-14(20)19-10-2-4-13(19)15(21)18-6-10/h1,3,5,10,13H,2,4,6-8H2,(H,18,21). The first-order valence-corrected chi connectivity index (χ1v) is 9.08. The molecule has 3 rings (SSSR count). The normalized spacial score (nSPS) is 23.5. The highest BCUT2D eigenvalue weighted by molar-refractivity contribution is 7.99. The van der Waals surface area contributed by atoms with E-state index in [4.69, 9.17) is 23.2 Å². The van der Waals surface area contributed by atoms with Crippen molar-refractivity contribution in [1.29, 1.82) is 0 Å². The molecule has 7 heteroatoms. The molecule has 4 nitrogen and oxygen atoms in total. The van der Waals surface area contributed by atoms with Crippen LogP contribution >= 0.6 is 35.0 Å². The Labute approximate surface area is 143 Å². The summed E-state index contributed by atoms with van der Waals surface area (Å²) in [6.45, 7) is 0.582. The fourth-order valence-corrected chi connectivity index (χ4v) is 4.18. The summed E-state index contributed by atoms with van der Waals surface area (Å²) in [6.07, 6.45) is 1.69. The van der Waals surface area contributed by atoms with Crippen LogP contribution in [0, 0.1) is 0 Å². The van der Waals surface area contributed by atoms with Crippen molar-refractivity contribution < 1.29 is 9.59 Å². The fourth-order valence-electron chi connectivity index (χ4n) is 3.01. The van der Waals surface area contributed by atoms with Crippen molar-refractivity contribution in [2.24, 2.45) is 0 Å². The van der Waals surface area contributed by atoms with E-state index >= 15 is 0 Å². The Bertz CT molecular complexity index is 611. The lowest BCUT2D eigenvalue weighted by Gasteiger charge is -2.34. The zero-order chi connectivity index (χ0) is 15.7. The summed E-state index contributed by atoms with van der Waals surface area (Å²) in [4.78, 5) is 26.0. The van der Waals surface area contributed by atoms with Crippen LogP contribution in [0.1, 0.15) is 18.4 Å². The molecule has 2 aliphatic rings. The van der Waals surface area contributed by atoms with Gasteiger partial charge in [0.1, 0.15) is 6.04 Å². The van der Waals surface area contributed by atoms with E-state index in [1.165, 1.54) is 11.8 Å². The highest BCUT2D eigenvalue weighted by Gasteiger charge is 2.43. The molecule has 0 aliphatic carbocycles. The van der Waals surface area contributed by atoms with Gasteiger partial charge < -0.3 is 10.2 Å². The predicted octanol–water partition coefficient (Wildman–Crippen LogP) is 2.72. The van der Waals surface area contributed by atoms with Crippen LogP contribution in [0.3, 0.4) is 0 Å². The zero-order valence-electron chi connectivity index (χ0n) is 11.9. The summed E-state index contributed by atoms with van der Waals surface area (Å²) in [5.74, 6) is 1.10. The van der Waals surface area contributed by atoms with Gasteiger partial charge in [-0.15, -0.1) is 11.8 Å². The monoisotopic (exact) mass is 358 g/mol. The van der Waals surface area contributed by atoms with Gasteiger partial charge in [0.2, 0.25) is 11.8 Å². The van der Waals surface area contributed by atoms with Gasteiger partial charge in [-0.2, -0.15) is 0 Å². The van der Waals surface area contributed by atoms with E-state index in [0.29, 0.717) is 28.1 Å². The minimum atomic E-state index is -0.267. The van der Waals surface area contributed by atoms with Gasteiger partial charge in [-0.05, 0) is 30.5 Å². The summed E-state index contributed by atoms with van der Waals surface area (Å²) in [7, 11) is 0. The van der Waals surface area contributed by atoms with Crippen LogP contribution in [0.15, 0.2) is 18.2 Å². The molecule has 2 saturated heterocycles.